The molecule has 0 saturated heterocycles. The van der Waals surface area contributed by atoms with E-state index in [0.29, 0.717) is 28.5 Å². The fourth-order valence-corrected chi connectivity index (χ4v) is 6.70. The molecule has 1 N–H and O–H groups in total. The lowest BCUT2D eigenvalue weighted by molar-refractivity contribution is -0.140. The fourth-order valence-electron chi connectivity index (χ4n) is 5.15. The summed E-state index contributed by atoms with van der Waals surface area (Å²) >= 11 is 6.09. The van der Waals surface area contributed by atoms with Crippen LogP contribution in [0.5, 0.6) is 11.5 Å². The average molecular weight is 692 g/mol. The van der Waals surface area contributed by atoms with E-state index in [9.17, 15) is 18.0 Å². The highest BCUT2D eigenvalue weighted by atomic mass is 35.5. The van der Waals surface area contributed by atoms with Crippen LogP contribution < -0.4 is 19.1 Å². The molecule has 4 aromatic carbocycles. The molecule has 0 heterocycles. The average Bonchev–Trinajstić information content (AvgIpc) is 3.09. The van der Waals surface area contributed by atoms with Gasteiger partial charge in [0.1, 0.15) is 24.1 Å². The Kier molecular flexibility index (Phi) is 12.9. The minimum atomic E-state index is -4.32. The molecule has 48 heavy (non-hydrogen) atoms. The summed E-state index contributed by atoms with van der Waals surface area (Å²) in [5, 5.41) is 3.41. The Labute approximate surface area is 288 Å². The number of nitrogens with one attached hydrogen (secondary N) is 1. The van der Waals surface area contributed by atoms with Crippen LogP contribution in [0.1, 0.15) is 38.3 Å². The van der Waals surface area contributed by atoms with Crippen LogP contribution >= 0.6 is 11.6 Å². The van der Waals surface area contributed by atoms with Crippen molar-refractivity contribution in [2.24, 2.45) is 0 Å². The van der Waals surface area contributed by atoms with Crippen LogP contribution in [-0.4, -0.2) is 57.5 Å². The van der Waals surface area contributed by atoms with Crippen LogP contribution in [0, 0.1) is 0 Å². The van der Waals surface area contributed by atoms with Crippen molar-refractivity contribution in [2.45, 2.75) is 57.1 Å². The third-order valence-electron chi connectivity index (χ3n) is 7.87. The van der Waals surface area contributed by atoms with E-state index < -0.39 is 28.5 Å². The molecule has 2 atom stereocenters. The Morgan fingerprint density at radius 3 is 2.21 bits per heavy atom. The molecule has 0 bridgehead atoms. The van der Waals surface area contributed by atoms with Gasteiger partial charge in [-0.3, -0.25) is 13.9 Å². The van der Waals surface area contributed by atoms with Crippen molar-refractivity contribution in [3.63, 3.8) is 0 Å². The zero-order chi connectivity index (χ0) is 34.7. The molecule has 0 unspecified atom stereocenters. The maximum Gasteiger partial charge on any atom is 0.264 e. The minimum absolute atomic E-state index is 0.0173. The van der Waals surface area contributed by atoms with Gasteiger partial charge in [0, 0.05) is 24.0 Å². The second-order valence-electron chi connectivity index (χ2n) is 11.3. The number of nitrogens with zero attached hydrogens (tertiary/aromatic N) is 2. The standard InChI is InChI=1S/C37H42ClN3O6S/c1-5-27(3)39-37(43)34(24-28-13-8-7-9-14-28)40(25-29-15-12-16-31(23-29)46-4)36(42)26-41(33-17-10-11-18-35(33)47-6-2)48(44,45)32-21-19-30(38)20-22-32/h7-23,27,34H,5-6,24-26H2,1-4H3,(H,39,43)/t27-,34+/m1/s1. The minimum Gasteiger partial charge on any atom is -0.497 e. The van der Waals surface area contributed by atoms with Crippen LogP contribution in [0.15, 0.2) is 108 Å². The smallest absolute Gasteiger partial charge is 0.264 e. The Bertz CT molecular complexity index is 1770. The summed E-state index contributed by atoms with van der Waals surface area (Å²) < 4.78 is 41.0. The molecule has 4 aromatic rings. The molecular formula is C37H42ClN3O6S. The van der Waals surface area contributed by atoms with Crippen molar-refractivity contribution in [2.75, 3.05) is 24.6 Å². The molecule has 0 aromatic heterocycles. The van der Waals surface area contributed by atoms with Gasteiger partial charge < -0.3 is 19.7 Å². The first kappa shape index (κ1) is 36.3. The van der Waals surface area contributed by atoms with E-state index in [-0.39, 0.29) is 42.1 Å². The number of hydrogen-bond donors (Lipinski definition) is 1. The maximum absolute atomic E-state index is 14.7. The van der Waals surface area contributed by atoms with Crippen LogP contribution in [0.3, 0.4) is 0 Å². The summed E-state index contributed by atoms with van der Waals surface area (Å²) in [6, 6.07) is 27.9. The van der Waals surface area contributed by atoms with Gasteiger partial charge in [-0.2, -0.15) is 0 Å². The third kappa shape index (κ3) is 9.29. The maximum atomic E-state index is 14.7. The monoisotopic (exact) mass is 691 g/mol. The van der Waals surface area contributed by atoms with E-state index >= 15 is 0 Å². The molecule has 0 aliphatic carbocycles. The van der Waals surface area contributed by atoms with E-state index in [1.165, 1.54) is 29.2 Å². The number of hydrogen-bond acceptors (Lipinski definition) is 6. The van der Waals surface area contributed by atoms with E-state index in [1.54, 1.807) is 56.5 Å². The van der Waals surface area contributed by atoms with Gasteiger partial charge in [0.05, 0.1) is 24.3 Å². The summed E-state index contributed by atoms with van der Waals surface area (Å²) in [4.78, 5) is 30.1. The zero-order valence-corrected chi connectivity index (χ0v) is 29.2. The molecule has 0 saturated carbocycles. The van der Waals surface area contributed by atoms with Gasteiger partial charge in [0.15, 0.2) is 0 Å². The van der Waals surface area contributed by atoms with Gasteiger partial charge in [-0.05, 0) is 79.9 Å². The SMILES string of the molecule is CCOc1ccccc1N(CC(=O)N(Cc1cccc(OC)c1)[C@@H](Cc1ccccc1)C(=O)N[C@H](C)CC)S(=O)(=O)c1ccc(Cl)cc1. The molecule has 0 aliphatic heterocycles. The molecular weight excluding hydrogens is 650 g/mol. The molecule has 4 rings (SSSR count). The van der Waals surface area contributed by atoms with Gasteiger partial charge in [0.25, 0.3) is 10.0 Å². The zero-order valence-electron chi connectivity index (χ0n) is 27.6. The molecule has 9 nitrogen and oxygen atoms in total. The first-order chi connectivity index (χ1) is 23.1. The Hall–Kier alpha value is -4.54. The number of anilines is 1. The molecule has 0 aliphatic rings. The Morgan fingerprint density at radius 2 is 1.54 bits per heavy atom. The summed E-state index contributed by atoms with van der Waals surface area (Å²) in [6.07, 6.45) is 0.896. The van der Waals surface area contributed by atoms with Crippen molar-refractivity contribution in [1.82, 2.24) is 10.2 Å². The number of amides is 2. The fraction of sp³-hybridized carbons (Fsp3) is 0.297. The van der Waals surface area contributed by atoms with Crippen molar-refractivity contribution < 1.29 is 27.5 Å². The molecule has 11 heteroatoms. The van der Waals surface area contributed by atoms with E-state index in [0.717, 1.165) is 9.87 Å². The van der Waals surface area contributed by atoms with E-state index in [1.807, 2.05) is 50.2 Å². The molecule has 254 valence electrons. The lowest BCUT2D eigenvalue weighted by Crippen LogP contribution is -2.54. The summed E-state index contributed by atoms with van der Waals surface area (Å²) in [6.45, 7) is 5.34. The number of carbonyl (C=O) groups excluding carboxylic acids is 2. The Balaban J connectivity index is 1.85. The van der Waals surface area contributed by atoms with Crippen LogP contribution in [0.2, 0.25) is 5.02 Å². The first-order valence-electron chi connectivity index (χ1n) is 15.8. The van der Waals surface area contributed by atoms with E-state index in [4.69, 9.17) is 21.1 Å². The summed E-state index contributed by atoms with van der Waals surface area (Å²) in [5.74, 6) is -0.0469. The van der Waals surface area contributed by atoms with Gasteiger partial charge in [-0.25, -0.2) is 8.42 Å². The number of halogens is 1. The number of ether oxygens (including phenoxy) is 2. The van der Waals surface area contributed by atoms with Crippen molar-refractivity contribution in [1.29, 1.82) is 0 Å². The summed E-state index contributed by atoms with van der Waals surface area (Å²) in [7, 11) is -2.77. The molecule has 0 radical (unpaired) electrons. The number of carbonyl (C=O) groups is 2. The highest BCUT2D eigenvalue weighted by Gasteiger charge is 2.36. The van der Waals surface area contributed by atoms with Gasteiger partial charge in [-0.15, -0.1) is 0 Å². The van der Waals surface area contributed by atoms with E-state index in [2.05, 4.69) is 5.32 Å². The quantitative estimate of drug-likeness (QED) is 0.144. The predicted molar refractivity (Wildman–Crippen MR) is 189 cm³/mol. The highest BCUT2D eigenvalue weighted by molar-refractivity contribution is 7.92. The van der Waals surface area contributed by atoms with Gasteiger partial charge >= 0.3 is 0 Å². The number of para-hydroxylation sites is 2. The lowest BCUT2D eigenvalue weighted by atomic mass is 10.0. The van der Waals surface area contributed by atoms with Crippen LogP contribution in [0.4, 0.5) is 5.69 Å². The van der Waals surface area contributed by atoms with Gasteiger partial charge in [-0.1, -0.05) is 73.1 Å². The number of benzene rings is 4. The summed E-state index contributed by atoms with van der Waals surface area (Å²) in [5.41, 5.74) is 1.74. The highest BCUT2D eigenvalue weighted by Crippen LogP contribution is 2.33. The second kappa shape index (κ2) is 17.0. The predicted octanol–water partition coefficient (Wildman–Crippen LogP) is 6.50. The lowest BCUT2D eigenvalue weighted by Gasteiger charge is -2.34. The number of rotatable bonds is 16. The molecule has 0 spiro atoms. The Morgan fingerprint density at radius 1 is 0.875 bits per heavy atom. The van der Waals surface area contributed by atoms with Crippen LogP contribution in [0.25, 0.3) is 0 Å². The van der Waals surface area contributed by atoms with Crippen molar-refractivity contribution >= 4 is 39.1 Å². The molecule has 0 fully saturated rings. The first-order valence-corrected chi connectivity index (χ1v) is 17.7. The largest absolute Gasteiger partial charge is 0.497 e. The topological polar surface area (TPSA) is 105 Å². The van der Waals surface area contributed by atoms with Gasteiger partial charge in [0.2, 0.25) is 11.8 Å². The number of sulfonamides is 1. The molecule has 2 amide bonds. The van der Waals surface area contributed by atoms with Crippen LogP contribution in [-0.2, 0) is 32.6 Å². The normalized spacial score (nSPS) is 12.4. The second-order valence-corrected chi connectivity index (χ2v) is 13.6. The number of methoxy groups -OCH3 is 1. The van der Waals surface area contributed by atoms with Crippen molar-refractivity contribution in [3.05, 3.63) is 119 Å². The third-order valence-corrected chi connectivity index (χ3v) is 9.90. The van der Waals surface area contributed by atoms with Crippen molar-refractivity contribution in [3.8, 4) is 11.5 Å².